The van der Waals surface area contributed by atoms with Gasteiger partial charge in [0.15, 0.2) is 6.10 Å². The molecule has 0 saturated carbocycles. The molecule has 2 N–H and O–H groups in total. The van der Waals surface area contributed by atoms with E-state index >= 15 is 0 Å². The first-order chi connectivity index (χ1) is 21.3. The molecular weight excluding hydrogens is 579 g/mol. The Balaban J connectivity index is 3.92. The Kier molecular flexibility index (Phi) is 30.9. The quantitative estimate of drug-likeness (QED) is 0.0313. The Morgan fingerprint density at radius 2 is 0.955 bits per heavy atom. The van der Waals surface area contributed by atoms with Gasteiger partial charge in [0.25, 0.3) is 0 Å². The number of allylic oxidation sites excluding steroid dienone is 2. The maximum absolute atomic E-state index is 12.3. The third kappa shape index (κ3) is 33.7. The molecule has 0 amide bonds. The zero-order chi connectivity index (χ0) is 32.6. The summed E-state index contributed by atoms with van der Waals surface area (Å²) in [5.74, 6) is -0.888. The van der Waals surface area contributed by atoms with Crippen molar-refractivity contribution in [1.82, 2.24) is 0 Å². The molecule has 44 heavy (non-hydrogen) atoms. The maximum atomic E-state index is 12.3. The molecule has 0 aromatic rings. The average Bonchev–Trinajstić information content (AvgIpc) is 2.98. The zero-order valence-corrected chi connectivity index (χ0v) is 29.2. The summed E-state index contributed by atoms with van der Waals surface area (Å²) in [6.07, 6.45) is 32.3. The van der Waals surface area contributed by atoms with Crippen LogP contribution < -0.4 is 0 Å². The summed E-state index contributed by atoms with van der Waals surface area (Å²) in [7, 11) is -4.74. The van der Waals surface area contributed by atoms with E-state index in [9.17, 15) is 14.2 Å². The fraction of sp³-hybridized carbons (Fsp3) is 0.886. The van der Waals surface area contributed by atoms with Crippen LogP contribution in [0.3, 0.4) is 0 Å². The van der Waals surface area contributed by atoms with Crippen molar-refractivity contribution in [3.63, 3.8) is 0 Å². The minimum Gasteiger partial charge on any atom is -0.462 e. The number of carbonyl (C=O) groups excluding carboxylic acids is 2. The lowest BCUT2D eigenvalue weighted by Gasteiger charge is -2.18. The zero-order valence-electron chi connectivity index (χ0n) is 28.3. The molecule has 9 heteroatoms. The van der Waals surface area contributed by atoms with E-state index < -0.39 is 32.5 Å². The highest BCUT2D eigenvalue weighted by Crippen LogP contribution is 2.36. The highest BCUT2D eigenvalue weighted by molar-refractivity contribution is 7.46. The smallest absolute Gasteiger partial charge is 0.462 e. The number of carbonyl (C=O) groups is 2. The SMILES string of the molecule is CCCCCCCC/C=C\CCCCCCCCCC(=O)OC[C@H](COP(=O)(O)O)OC(=O)CCCCCCCCCCC. The Morgan fingerprint density at radius 3 is 1.39 bits per heavy atom. The van der Waals surface area contributed by atoms with Gasteiger partial charge in [-0.15, -0.1) is 0 Å². The molecule has 0 spiro atoms. The molecule has 0 radical (unpaired) electrons. The van der Waals surface area contributed by atoms with Crippen LogP contribution in [0.1, 0.15) is 181 Å². The number of hydrogen-bond donors (Lipinski definition) is 2. The van der Waals surface area contributed by atoms with Gasteiger partial charge in [0, 0.05) is 12.8 Å². The Labute approximate surface area is 269 Å². The highest BCUT2D eigenvalue weighted by Gasteiger charge is 2.22. The van der Waals surface area contributed by atoms with Crippen molar-refractivity contribution in [2.45, 2.75) is 187 Å². The molecule has 0 aromatic carbocycles. The Hall–Kier alpha value is -1.21. The van der Waals surface area contributed by atoms with E-state index in [1.807, 2.05) is 0 Å². The Bertz CT molecular complexity index is 736. The average molecular weight is 647 g/mol. The molecule has 0 aliphatic carbocycles. The largest absolute Gasteiger partial charge is 0.469 e. The van der Waals surface area contributed by atoms with Crippen molar-refractivity contribution in [2.24, 2.45) is 0 Å². The summed E-state index contributed by atoms with van der Waals surface area (Å²) in [5.41, 5.74) is 0. The summed E-state index contributed by atoms with van der Waals surface area (Å²) in [5, 5.41) is 0. The summed E-state index contributed by atoms with van der Waals surface area (Å²) >= 11 is 0. The third-order valence-corrected chi connectivity index (χ3v) is 8.27. The molecule has 0 fully saturated rings. The van der Waals surface area contributed by atoms with Crippen LogP contribution in [0.25, 0.3) is 0 Å². The van der Waals surface area contributed by atoms with E-state index in [0.29, 0.717) is 6.42 Å². The number of hydrogen-bond acceptors (Lipinski definition) is 6. The number of phosphoric ester groups is 1. The van der Waals surface area contributed by atoms with E-state index in [1.54, 1.807) is 0 Å². The molecule has 0 heterocycles. The summed E-state index contributed by atoms with van der Waals surface area (Å²) in [4.78, 5) is 42.5. The van der Waals surface area contributed by atoms with Crippen LogP contribution in [0.15, 0.2) is 12.2 Å². The normalized spacial score (nSPS) is 12.5. The van der Waals surface area contributed by atoms with E-state index in [4.69, 9.17) is 19.3 Å². The lowest BCUT2D eigenvalue weighted by molar-refractivity contribution is -0.161. The first-order valence-electron chi connectivity index (χ1n) is 18.0. The monoisotopic (exact) mass is 646 g/mol. The topological polar surface area (TPSA) is 119 Å². The van der Waals surface area contributed by atoms with E-state index in [-0.39, 0.29) is 19.4 Å². The fourth-order valence-electron chi connectivity index (χ4n) is 5.07. The van der Waals surface area contributed by atoms with Gasteiger partial charge in [-0.3, -0.25) is 14.1 Å². The van der Waals surface area contributed by atoms with Crippen LogP contribution in [0.4, 0.5) is 0 Å². The van der Waals surface area contributed by atoms with Crippen LogP contribution in [0.5, 0.6) is 0 Å². The van der Waals surface area contributed by atoms with Crippen LogP contribution in [-0.2, 0) is 28.2 Å². The predicted octanol–water partition coefficient (Wildman–Crippen LogP) is 10.3. The predicted molar refractivity (Wildman–Crippen MR) is 179 cm³/mol. The van der Waals surface area contributed by atoms with Crippen molar-refractivity contribution in [3.8, 4) is 0 Å². The lowest BCUT2D eigenvalue weighted by atomic mass is 10.1. The molecule has 0 aromatic heterocycles. The second-order valence-electron chi connectivity index (χ2n) is 12.2. The lowest BCUT2D eigenvalue weighted by Crippen LogP contribution is -2.29. The van der Waals surface area contributed by atoms with Crippen molar-refractivity contribution >= 4 is 19.8 Å². The van der Waals surface area contributed by atoms with E-state index in [0.717, 1.165) is 51.4 Å². The fourth-order valence-corrected chi connectivity index (χ4v) is 5.43. The minimum absolute atomic E-state index is 0.214. The summed E-state index contributed by atoms with van der Waals surface area (Å²) < 4.78 is 26.2. The number of esters is 2. The first kappa shape index (κ1) is 42.8. The maximum Gasteiger partial charge on any atom is 0.469 e. The number of rotatable bonds is 33. The molecule has 260 valence electrons. The van der Waals surface area contributed by atoms with E-state index in [1.165, 1.54) is 96.3 Å². The van der Waals surface area contributed by atoms with Crippen LogP contribution in [0, 0.1) is 0 Å². The molecular formula is C35H67O8P. The summed E-state index contributed by atoms with van der Waals surface area (Å²) in [6, 6.07) is 0. The third-order valence-electron chi connectivity index (χ3n) is 7.78. The van der Waals surface area contributed by atoms with Crippen LogP contribution in [-0.4, -0.2) is 41.0 Å². The van der Waals surface area contributed by atoms with Gasteiger partial charge in [-0.25, -0.2) is 4.57 Å². The second-order valence-corrected chi connectivity index (χ2v) is 13.4. The van der Waals surface area contributed by atoms with Crippen molar-refractivity contribution in [3.05, 3.63) is 12.2 Å². The van der Waals surface area contributed by atoms with Gasteiger partial charge in [0.05, 0.1) is 6.61 Å². The van der Waals surface area contributed by atoms with Gasteiger partial charge in [-0.05, 0) is 38.5 Å². The molecule has 0 aliphatic heterocycles. The van der Waals surface area contributed by atoms with Gasteiger partial charge in [0.1, 0.15) is 6.61 Å². The van der Waals surface area contributed by atoms with Crippen LogP contribution >= 0.6 is 7.82 Å². The van der Waals surface area contributed by atoms with Gasteiger partial charge in [-0.1, -0.05) is 142 Å². The highest BCUT2D eigenvalue weighted by atomic mass is 31.2. The van der Waals surface area contributed by atoms with Gasteiger partial charge in [-0.2, -0.15) is 0 Å². The molecule has 8 nitrogen and oxygen atoms in total. The molecule has 0 unspecified atom stereocenters. The molecule has 0 saturated heterocycles. The number of unbranched alkanes of at least 4 members (excludes halogenated alkanes) is 21. The van der Waals surface area contributed by atoms with Crippen LogP contribution in [0.2, 0.25) is 0 Å². The van der Waals surface area contributed by atoms with E-state index in [2.05, 4.69) is 30.5 Å². The van der Waals surface area contributed by atoms with Gasteiger partial charge in [0.2, 0.25) is 0 Å². The second kappa shape index (κ2) is 31.8. The van der Waals surface area contributed by atoms with Crippen molar-refractivity contribution in [1.29, 1.82) is 0 Å². The molecule has 0 bridgehead atoms. The molecule has 0 aliphatic rings. The Morgan fingerprint density at radius 1 is 0.568 bits per heavy atom. The van der Waals surface area contributed by atoms with Gasteiger partial charge >= 0.3 is 19.8 Å². The molecule has 0 rings (SSSR count). The minimum atomic E-state index is -4.74. The number of phosphoric acid groups is 1. The number of ether oxygens (including phenoxy) is 2. The standard InChI is InChI=1S/C35H67O8P/c1-3-5-7-9-11-13-14-15-16-17-18-19-20-22-23-25-27-29-34(36)41-31-33(32-42-44(38,39)40)43-35(37)30-28-26-24-21-12-10-8-6-4-2/h15-16,33H,3-14,17-32H2,1-2H3,(H2,38,39,40)/b16-15-/t33-/m1/s1. The molecule has 1 atom stereocenters. The van der Waals surface area contributed by atoms with Crippen molar-refractivity contribution in [2.75, 3.05) is 13.2 Å². The van der Waals surface area contributed by atoms with Gasteiger partial charge < -0.3 is 19.3 Å². The first-order valence-corrected chi connectivity index (χ1v) is 19.5. The summed E-state index contributed by atoms with van der Waals surface area (Å²) in [6.45, 7) is 3.64. The van der Waals surface area contributed by atoms with Crippen molar-refractivity contribution < 1.29 is 37.9 Å².